The lowest BCUT2D eigenvalue weighted by Gasteiger charge is -2.06. The number of hydrogen-bond acceptors (Lipinski definition) is 2. The Morgan fingerprint density at radius 2 is 0.861 bits per heavy atom. The van der Waals surface area contributed by atoms with E-state index in [9.17, 15) is 8.42 Å². The van der Waals surface area contributed by atoms with Crippen molar-refractivity contribution in [2.45, 2.75) is 0 Å². The van der Waals surface area contributed by atoms with Gasteiger partial charge in [0.05, 0.1) is 11.4 Å². The Kier molecular flexibility index (Phi) is 8.59. The van der Waals surface area contributed by atoms with Crippen molar-refractivity contribution in [2.24, 2.45) is 0 Å². The van der Waals surface area contributed by atoms with E-state index in [1.54, 1.807) is 24.3 Å². The Bertz CT molecular complexity index is 1320. The maximum atomic E-state index is 11.1. The zero-order valence-electron chi connectivity index (χ0n) is 19.1. The van der Waals surface area contributed by atoms with E-state index in [4.69, 9.17) is 9.11 Å². The molecule has 4 aromatic rings. The minimum Gasteiger partial charge on any atom is -0.289 e. The monoisotopic (exact) mass is 516 g/mol. The predicted molar refractivity (Wildman–Crippen MR) is 151 cm³/mol. The van der Waals surface area contributed by atoms with Crippen LogP contribution in [0.2, 0.25) is 0 Å². The predicted octanol–water partition coefficient (Wildman–Crippen LogP) is 6.79. The van der Waals surface area contributed by atoms with Crippen LogP contribution in [-0.2, 0) is 22.5 Å². The number of rotatable bonds is 9. The molecule has 0 aliphatic heterocycles. The first kappa shape index (κ1) is 25.3. The fourth-order valence-electron chi connectivity index (χ4n) is 3.60. The third-order valence-electron chi connectivity index (χ3n) is 5.38. The van der Waals surface area contributed by atoms with Gasteiger partial charge in [0.1, 0.15) is 0 Å². The molecule has 0 bridgehead atoms. The average Bonchev–Trinajstić information content (AvgIpc) is 2.88. The van der Waals surface area contributed by atoms with E-state index >= 15 is 0 Å². The standard InChI is InChI=1S/C28H24N2O4S2/c31-35(32)29-27-7-3-1-5-25(27)19-13-21-9-15-23(16-10-21)24-17-11-22(12-18-24)14-20-26-6-2-4-8-28(26)30-36(33)34/h1-20,29-30H,(H,31,32)(H,33,34). The molecule has 8 heteroatoms. The number of para-hydroxylation sites is 2. The van der Waals surface area contributed by atoms with Crippen molar-refractivity contribution in [3.8, 4) is 11.1 Å². The lowest BCUT2D eigenvalue weighted by atomic mass is 10.0. The summed E-state index contributed by atoms with van der Waals surface area (Å²) in [5, 5.41) is 0. The largest absolute Gasteiger partial charge is 0.289 e. The summed E-state index contributed by atoms with van der Waals surface area (Å²) in [5.74, 6) is 0. The lowest BCUT2D eigenvalue weighted by Crippen LogP contribution is -2.02. The molecule has 0 aliphatic carbocycles. The maximum Gasteiger partial charge on any atom is 0.259 e. The van der Waals surface area contributed by atoms with Crippen LogP contribution in [0.25, 0.3) is 35.4 Å². The van der Waals surface area contributed by atoms with E-state index < -0.39 is 22.5 Å². The summed E-state index contributed by atoms with van der Waals surface area (Å²) in [5.41, 5.74) is 6.99. The van der Waals surface area contributed by atoms with Crippen molar-refractivity contribution in [3.63, 3.8) is 0 Å². The van der Waals surface area contributed by atoms with Crippen molar-refractivity contribution in [3.05, 3.63) is 119 Å². The first-order valence-corrected chi connectivity index (χ1v) is 13.2. The second-order valence-electron chi connectivity index (χ2n) is 7.79. The third kappa shape index (κ3) is 7.10. The highest BCUT2D eigenvalue weighted by molar-refractivity contribution is 7.80. The van der Waals surface area contributed by atoms with Crippen LogP contribution in [0.4, 0.5) is 11.4 Å². The molecule has 0 heterocycles. The molecule has 4 aromatic carbocycles. The number of hydrogen-bond donors (Lipinski definition) is 4. The van der Waals surface area contributed by atoms with Crippen molar-refractivity contribution < 1.29 is 17.5 Å². The summed E-state index contributed by atoms with van der Waals surface area (Å²) < 4.78 is 45.4. The number of nitrogens with one attached hydrogen (secondary N) is 2. The lowest BCUT2D eigenvalue weighted by molar-refractivity contribution is 0.568. The number of benzene rings is 4. The second kappa shape index (κ2) is 12.2. The molecule has 4 rings (SSSR count). The normalized spacial score (nSPS) is 13.1. The van der Waals surface area contributed by atoms with Crippen LogP contribution in [-0.4, -0.2) is 17.5 Å². The van der Waals surface area contributed by atoms with E-state index in [-0.39, 0.29) is 0 Å². The summed E-state index contributed by atoms with van der Waals surface area (Å²) in [4.78, 5) is 0. The fraction of sp³-hybridized carbons (Fsp3) is 0. The molecule has 4 N–H and O–H groups in total. The van der Waals surface area contributed by atoms with Gasteiger partial charge in [-0.2, -0.15) is 0 Å². The van der Waals surface area contributed by atoms with Crippen molar-refractivity contribution in [1.82, 2.24) is 0 Å². The highest BCUT2D eigenvalue weighted by Crippen LogP contribution is 2.24. The Morgan fingerprint density at radius 1 is 0.500 bits per heavy atom. The van der Waals surface area contributed by atoms with E-state index in [2.05, 4.69) is 9.44 Å². The molecule has 0 aromatic heterocycles. The van der Waals surface area contributed by atoms with E-state index in [1.807, 2.05) is 97.1 Å². The zero-order chi connectivity index (χ0) is 25.3. The second-order valence-corrected chi connectivity index (χ2v) is 9.19. The molecule has 2 atom stereocenters. The quantitative estimate of drug-likeness (QED) is 0.145. The summed E-state index contributed by atoms with van der Waals surface area (Å²) in [6.45, 7) is 0. The molecule has 0 amide bonds. The van der Waals surface area contributed by atoms with E-state index in [1.165, 1.54) is 0 Å². The van der Waals surface area contributed by atoms with Gasteiger partial charge in [-0.15, -0.1) is 0 Å². The molecule has 0 spiro atoms. The van der Waals surface area contributed by atoms with Crippen LogP contribution >= 0.6 is 0 Å². The van der Waals surface area contributed by atoms with Gasteiger partial charge in [0.2, 0.25) is 0 Å². The molecule has 0 aliphatic rings. The van der Waals surface area contributed by atoms with Crippen molar-refractivity contribution in [2.75, 3.05) is 9.44 Å². The first-order valence-electron chi connectivity index (χ1n) is 11.0. The SMILES string of the molecule is O=S(O)Nc1ccccc1C=Cc1ccc(-c2ccc(C=Cc3ccccc3NS(=O)O)cc2)cc1. The van der Waals surface area contributed by atoms with Gasteiger partial charge < -0.3 is 0 Å². The Labute approximate surface area is 215 Å². The number of anilines is 2. The van der Waals surface area contributed by atoms with Crippen molar-refractivity contribution >= 4 is 58.2 Å². The van der Waals surface area contributed by atoms with E-state index in [0.717, 1.165) is 33.4 Å². The first-order chi connectivity index (χ1) is 17.5. The smallest absolute Gasteiger partial charge is 0.259 e. The molecule has 0 radical (unpaired) electrons. The molecule has 0 saturated heterocycles. The summed E-state index contributed by atoms with van der Waals surface area (Å²) in [6.07, 6.45) is 7.71. The van der Waals surface area contributed by atoms with Gasteiger partial charge in [-0.05, 0) is 45.5 Å². The Morgan fingerprint density at radius 3 is 1.22 bits per heavy atom. The topological polar surface area (TPSA) is 98.7 Å². The molecule has 36 heavy (non-hydrogen) atoms. The van der Waals surface area contributed by atoms with Gasteiger partial charge in [-0.1, -0.05) is 109 Å². The molecule has 6 nitrogen and oxygen atoms in total. The Hall–Kier alpha value is -3.82. The Balaban J connectivity index is 1.44. The fourth-order valence-corrected chi connectivity index (χ4v) is 4.35. The van der Waals surface area contributed by atoms with Gasteiger partial charge in [0.15, 0.2) is 0 Å². The van der Waals surface area contributed by atoms with Gasteiger partial charge in [-0.3, -0.25) is 18.5 Å². The van der Waals surface area contributed by atoms with Gasteiger partial charge in [-0.25, -0.2) is 8.42 Å². The summed E-state index contributed by atoms with van der Waals surface area (Å²) >= 11 is -4.25. The molecule has 0 fully saturated rings. The average molecular weight is 517 g/mol. The minimum absolute atomic E-state index is 0.587. The van der Waals surface area contributed by atoms with Gasteiger partial charge >= 0.3 is 0 Å². The molecular weight excluding hydrogens is 492 g/mol. The van der Waals surface area contributed by atoms with Gasteiger partial charge in [0, 0.05) is 0 Å². The van der Waals surface area contributed by atoms with E-state index in [0.29, 0.717) is 11.4 Å². The highest BCUT2D eigenvalue weighted by atomic mass is 32.2. The zero-order valence-corrected chi connectivity index (χ0v) is 20.7. The summed E-state index contributed by atoms with van der Waals surface area (Å²) in [7, 11) is 0. The third-order valence-corrected chi connectivity index (χ3v) is 6.17. The molecule has 182 valence electrons. The van der Waals surface area contributed by atoms with Crippen LogP contribution in [0.3, 0.4) is 0 Å². The maximum absolute atomic E-state index is 11.1. The highest BCUT2D eigenvalue weighted by Gasteiger charge is 2.03. The molecule has 2 unspecified atom stereocenters. The molecular formula is C28H24N2O4S2. The van der Waals surface area contributed by atoms with Gasteiger partial charge in [0.25, 0.3) is 22.5 Å². The van der Waals surface area contributed by atoms with Crippen LogP contribution in [0.1, 0.15) is 22.3 Å². The summed E-state index contributed by atoms with van der Waals surface area (Å²) in [6, 6.07) is 30.9. The van der Waals surface area contributed by atoms with Crippen LogP contribution in [0.5, 0.6) is 0 Å². The molecule has 0 saturated carbocycles. The van der Waals surface area contributed by atoms with Crippen LogP contribution in [0, 0.1) is 0 Å². The van der Waals surface area contributed by atoms with Crippen molar-refractivity contribution in [1.29, 1.82) is 0 Å². The van der Waals surface area contributed by atoms with Crippen LogP contribution < -0.4 is 9.44 Å². The minimum atomic E-state index is -2.13. The van der Waals surface area contributed by atoms with Crippen LogP contribution in [0.15, 0.2) is 97.1 Å².